The number of rotatable bonds is 3. The average molecular weight is 513 g/mol. The van der Waals surface area contributed by atoms with Crippen LogP contribution in [-0.2, 0) is 0 Å². The highest BCUT2D eigenvalue weighted by molar-refractivity contribution is 5.81. The van der Waals surface area contributed by atoms with Crippen molar-refractivity contribution in [3.05, 3.63) is 156 Å². The molecule has 2 N–H and O–H groups in total. The summed E-state index contributed by atoms with van der Waals surface area (Å²) in [6, 6.07) is 43.3. The Labute approximate surface area is 233 Å². The highest BCUT2D eigenvalue weighted by atomic mass is 16.3. The predicted octanol–water partition coefficient (Wildman–Crippen LogP) is 7.92. The topological polar surface area (TPSA) is 48.9 Å². The van der Waals surface area contributed by atoms with Gasteiger partial charge in [0.2, 0.25) is 0 Å². The molecule has 1 aromatic heterocycles. The molecule has 1 heterocycles. The molecule has 0 atom stereocenters. The maximum absolute atomic E-state index is 9.75. The number of hydrogen-bond acceptors (Lipinski definition) is 2. The van der Waals surface area contributed by atoms with E-state index in [1.807, 2.05) is 97.1 Å². The Morgan fingerprint density at radius 2 is 0.875 bits per heavy atom. The quantitative estimate of drug-likeness (QED) is 0.237. The molecule has 3 nitrogen and oxygen atoms in total. The van der Waals surface area contributed by atoms with Gasteiger partial charge in [-0.1, -0.05) is 84.3 Å². The van der Waals surface area contributed by atoms with Crippen molar-refractivity contribution in [3.63, 3.8) is 0 Å². The number of hydrogen-bond donors (Lipinski definition) is 2. The van der Waals surface area contributed by atoms with Crippen molar-refractivity contribution in [2.24, 2.45) is 0 Å². The largest absolute Gasteiger partial charge is 0.508 e. The molecule has 0 aliphatic carbocycles. The maximum atomic E-state index is 9.75. The van der Waals surface area contributed by atoms with Crippen LogP contribution >= 0.6 is 0 Å². The van der Waals surface area contributed by atoms with E-state index in [1.165, 1.54) is 0 Å². The van der Waals surface area contributed by atoms with Crippen molar-refractivity contribution in [1.29, 1.82) is 0 Å². The molecular weight excluding hydrogens is 488 g/mol. The van der Waals surface area contributed by atoms with Gasteiger partial charge in [-0.2, -0.15) is 0 Å². The smallest absolute Gasteiger partial charge is 0.138 e. The van der Waals surface area contributed by atoms with Gasteiger partial charge in [0.1, 0.15) is 11.6 Å². The number of phenols is 1. The van der Waals surface area contributed by atoms with Crippen molar-refractivity contribution in [2.75, 3.05) is 0 Å². The summed E-state index contributed by atoms with van der Waals surface area (Å²) < 4.78 is 0. The molecule has 40 heavy (non-hydrogen) atoms. The SMILES string of the molecule is Oc1ccc(-c2nc(-c3ccc(C#Cc4ccccc4)cc3)c(-c3ccc(C#Cc4ccccc4)cc3)[nH]2)cc1. The lowest BCUT2D eigenvalue weighted by atomic mass is 10.0. The van der Waals surface area contributed by atoms with Crippen LogP contribution in [0.3, 0.4) is 0 Å². The van der Waals surface area contributed by atoms with E-state index in [9.17, 15) is 5.11 Å². The second-order valence-corrected chi connectivity index (χ2v) is 9.24. The third-order valence-corrected chi connectivity index (χ3v) is 6.43. The summed E-state index contributed by atoms with van der Waals surface area (Å²) in [6.45, 7) is 0. The zero-order valence-electron chi connectivity index (χ0n) is 21.6. The summed E-state index contributed by atoms with van der Waals surface area (Å²) in [5.74, 6) is 13.8. The summed E-state index contributed by atoms with van der Waals surface area (Å²) in [5, 5.41) is 9.75. The molecule has 0 spiro atoms. The van der Waals surface area contributed by atoms with Gasteiger partial charge < -0.3 is 10.1 Å². The van der Waals surface area contributed by atoms with E-state index in [4.69, 9.17) is 4.98 Å². The molecule has 188 valence electrons. The van der Waals surface area contributed by atoms with Gasteiger partial charge in [0, 0.05) is 38.9 Å². The van der Waals surface area contributed by atoms with Gasteiger partial charge in [0.15, 0.2) is 0 Å². The van der Waals surface area contributed by atoms with Crippen LogP contribution in [0.25, 0.3) is 33.9 Å². The van der Waals surface area contributed by atoms with E-state index >= 15 is 0 Å². The Kier molecular flexibility index (Phi) is 6.95. The highest BCUT2D eigenvalue weighted by Gasteiger charge is 2.15. The van der Waals surface area contributed by atoms with E-state index < -0.39 is 0 Å². The van der Waals surface area contributed by atoms with E-state index in [1.54, 1.807) is 12.1 Å². The fraction of sp³-hybridized carbons (Fsp3) is 0. The lowest BCUT2D eigenvalue weighted by Gasteiger charge is -2.04. The molecule has 5 aromatic carbocycles. The lowest BCUT2D eigenvalue weighted by Crippen LogP contribution is -1.85. The fourth-order valence-corrected chi connectivity index (χ4v) is 4.31. The Morgan fingerprint density at radius 3 is 1.38 bits per heavy atom. The first-order valence-electron chi connectivity index (χ1n) is 13.0. The molecule has 0 radical (unpaired) electrons. The summed E-state index contributed by atoms with van der Waals surface area (Å²) in [6.07, 6.45) is 0. The summed E-state index contributed by atoms with van der Waals surface area (Å²) in [4.78, 5) is 8.49. The van der Waals surface area contributed by atoms with Crippen molar-refractivity contribution in [2.45, 2.75) is 0 Å². The van der Waals surface area contributed by atoms with Crippen molar-refractivity contribution >= 4 is 0 Å². The molecule has 3 heteroatoms. The number of benzene rings is 5. The van der Waals surface area contributed by atoms with Crippen LogP contribution in [0.2, 0.25) is 0 Å². The third-order valence-electron chi connectivity index (χ3n) is 6.43. The van der Waals surface area contributed by atoms with Crippen molar-refractivity contribution < 1.29 is 5.11 Å². The summed E-state index contributed by atoms with van der Waals surface area (Å²) >= 11 is 0. The van der Waals surface area contributed by atoms with Gasteiger partial charge in [-0.25, -0.2) is 4.98 Å². The molecule has 0 bridgehead atoms. The first kappa shape index (κ1) is 24.6. The zero-order valence-corrected chi connectivity index (χ0v) is 21.6. The maximum Gasteiger partial charge on any atom is 0.138 e. The molecule has 0 saturated heterocycles. The van der Waals surface area contributed by atoms with Crippen LogP contribution in [-0.4, -0.2) is 15.1 Å². The molecule has 6 aromatic rings. The van der Waals surface area contributed by atoms with E-state index in [0.717, 1.165) is 56.2 Å². The van der Waals surface area contributed by atoms with Crippen LogP contribution in [0.4, 0.5) is 0 Å². The fourth-order valence-electron chi connectivity index (χ4n) is 4.31. The number of aromatic nitrogens is 2. The highest BCUT2D eigenvalue weighted by Crippen LogP contribution is 2.33. The molecule has 0 fully saturated rings. The molecular formula is C37H24N2O. The standard InChI is InChI=1S/C37H24N2O/c40-34-25-23-33(24-26-34)37-38-35(31-19-15-29(16-20-31)13-11-27-7-3-1-4-8-27)36(39-37)32-21-17-30(18-22-32)14-12-28-9-5-2-6-10-28/h1-10,15-26,40H,(H,38,39). The average Bonchev–Trinajstić information content (AvgIpc) is 3.46. The second kappa shape index (κ2) is 11.3. The molecule has 6 rings (SSSR count). The second-order valence-electron chi connectivity index (χ2n) is 9.24. The predicted molar refractivity (Wildman–Crippen MR) is 161 cm³/mol. The molecule has 0 unspecified atom stereocenters. The molecule has 0 amide bonds. The number of imidazole rings is 1. The van der Waals surface area contributed by atoms with Crippen LogP contribution in [0.1, 0.15) is 22.3 Å². The monoisotopic (exact) mass is 512 g/mol. The molecule has 0 aliphatic heterocycles. The lowest BCUT2D eigenvalue weighted by molar-refractivity contribution is 0.475. The summed E-state index contributed by atoms with van der Waals surface area (Å²) in [7, 11) is 0. The number of nitrogens with zero attached hydrogens (tertiary/aromatic N) is 1. The van der Waals surface area contributed by atoms with E-state index in [2.05, 4.69) is 52.9 Å². The minimum atomic E-state index is 0.218. The Hall–Kier alpha value is -5.77. The minimum Gasteiger partial charge on any atom is -0.508 e. The first-order chi connectivity index (χ1) is 19.7. The minimum absolute atomic E-state index is 0.218. The van der Waals surface area contributed by atoms with Gasteiger partial charge in [-0.15, -0.1) is 0 Å². The number of aromatic hydroxyl groups is 1. The number of phenolic OH excluding ortho intramolecular Hbond substituents is 1. The number of nitrogens with one attached hydrogen (secondary N) is 1. The van der Waals surface area contributed by atoms with Crippen molar-refractivity contribution in [3.8, 4) is 63.3 Å². The van der Waals surface area contributed by atoms with Gasteiger partial charge >= 0.3 is 0 Å². The van der Waals surface area contributed by atoms with Crippen LogP contribution in [0.15, 0.2) is 133 Å². The van der Waals surface area contributed by atoms with E-state index in [-0.39, 0.29) is 5.75 Å². The van der Waals surface area contributed by atoms with Gasteiger partial charge in [0.25, 0.3) is 0 Å². The Balaban J connectivity index is 1.34. The number of H-pyrrole nitrogens is 1. The van der Waals surface area contributed by atoms with Crippen LogP contribution in [0, 0.1) is 23.7 Å². The zero-order chi connectivity index (χ0) is 27.1. The summed E-state index contributed by atoms with van der Waals surface area (Å²) in [5.41, 5.74) is 8.47. The Bertz CT molecular complexity index is 1740. The van der Waals surface area contributed by atoms with Gasteiger partial charge in [-0.3, -0.25) is 0 Å². The van der Waals surface area contributed by atoms with Crippen molar-refractivity contribution in [1.82, 2.24) is 9.97 Å². The molecule has 0 saturated carbocycles. The van der Waals surface area contributed by atoms with E-state index in [0.29, 0.717) is 0 Å². The number of aromatic amines is 1. The Morgan fingerprint density at radius 1 is 0.450 bits per heavy atom. The first-order valence-corrected chi connectivity index (χ1v) is 13.0. The third kappa shape index (κ3) is 5.70. The van der Waals surface area contributed by atoms with Crippen LogP contribution < -0.4 is 0 Å². The molecule has 0 aliphatic rings. The van der Waals surface area contributed by atoms with Gasteiger partial charge in [0.05, 0.1) is 11.4 Å². The van der Waals surface area contributed by atoms with Crippen LogP contribution in [0.5, 0.6) is 5.75 Å². The van der Waals surface area contributed by atoms with Gasteiger partial charge in [-0.05, 0) is 72.8 Å². The normalized spacial score (nSPS) is 10.2.